The van der Waals surface area contributed by atoms with Crippen molar-refractivity contribution in [1.29, 1.82) is 0 Å². The van der Waals surface area contributed by atoms with Crippen molar-refractivity contribution < 1.29 is 8.78 Å². The zero-order valence-corrected chi connectivity index (χ0v) is 14.2. The summed E-state index contributed by atoms with van der Waals surface area (Å²) in [6.07, 6.45) is 11.8. The van der Waals surface area contributed by atoms with Gasteiger partial charge in [0.05, 0.1) is 0 Å². The van der Waals surface area contributed by atoms with Crippen molar-refractivity contribution in [2.75, 3.05) is 0 Å². The summed E-state index contributed by atoms with van der Waals surface area (Å²) in [5.74, 6) is 1.99. The molecule has 0 nitrogen and oxygen atoms in total. The van der Waals surface area contributed by atoms with E-state index in [0.717, 1.165) is 42.6 Å². The van der Waals surface area contributed by atoms with Crippen molar-refractivity contribution in [3.63, 3.8) is 0 Å². The van der Waals surface area contributed by atoms with Crippen LogP contribution in [0, 0.1) is 36.3 Å². The average molecular weight is 318 g/mol. The third-order valence-corrected chi connectivity index (χ3v) is 6.28. The molecule has 1 unspecified atom stereocenters. The molecule has 126 valence electrons. The molecule has 2 heteroatoms. The van der Waals surface area contributed by atoms with Gasteiger partial charge in [0.25, 0.3) is 0 Å². The van der Waals surface area contributed by atoms with Gasteiger partial charge in [-0.1, -0.05) is 12.5 Å². The van der Waals surface area contributed by atoms with E-state index in [4.69, 9.17) is 0 Å². The molecule has 0 spiro atoms. The van der Waals surface area contributed by atoms with Crippen LogP contribution in [0.5, 0.6) is 0 Å². The number of allylic oxidation sites excluding steroid dienone is 1. The van der Waals surface area contributed by atoms with E-state index >= 15 is 0 Å². The van der Waals surface area contributed by atoms with Gasteiger partial charge in [-0.25, -0.2) is 8.78 Å². The van der Waals surface area contributed by atoms with E-state index in [1.54, 1.807) is 12.1 Å². The highest BCUT2D eigenvalue weighted by Crippen LogP contribution is 2.48. The summed E-state index contributed by atoms with van der Waals surface area (Å²) in [6, 6.07) is 3.14. The molecule has 2 aliphatic carbocycles. The van der Waals surface area contributed by atoms with Crippen molar-refractivity contribution in [2.45, 2.75) is 64.2 Å². The van der Waals surface area contributed by atoms with Crippen molar-refractivity contribution in [3.05, 3.63) is 47.5 Å². The fourth-order valence-electron chi connectivity index (χ4n) is 4.81. The van der Waals surface area contributed by atoms with Crippen molar-refractivity contribution in [2.24, 2.45) is 17.8 Å². The predicted molar refractivity (Wildman–Crippen MR) is 91.4 cm³/mol. The lowest BCUT2D eigenvalue weighted by Gasteiger charge is -2.42. The van der Waals surface area contributed by atoms with E-state index in [-0.39, 0.29) is 5.56 Å². The molecule has 0 bridgehead atoms. The van der Waals surface area contributed by atoms with Gasteiger partial charge in [-0.15, -0.1) is 6.58 Å². The molecule has 0 saturated heterocycles. The number of rotatable bonds is 4. The zero-order chi connectivity index (χ0) is 16.4. The Morgan fingerprint density at radius 1 is 1.04 bits per heavy atom. The Bertz CT molecular complexity index is 540. The van der Waals surface area contributed by atoms with Crippen LogP contribution < -0.4 is 0 Å². The molecule has 2 aliphatic rings. The summed E-state index contributed by atoms with van der Waals surface area (Å²) in [6.45, 7) is 5.34. The van der Waals surface area contributed by atoms with Crippen molar-refractivity contribution in [3.8, 4) is 0 Å². The van der Waals surface area contributed by atoms with E-state index in [0.29, 0.717) is 5.92 Å². The number of benzene rings is 1. The second kappa shape index (κ2) is 7.15. The fourth-order valence-corrected chi connectivity index (χ4v) is 4.81. The van der Waals surface area contributed by atoms with E-state index in [9.17, 15) is 8.78 Å². The van der Waals surface area contributed by atoms with E-state index in [1.165, 1.54) is 39.0 Å². The van der Waals surface area contributed by atoms with Gasteiger partial charge in [-0.2, -0.15) is 0 Å². The molecule has 0 heterocycles. The summed E-state index contributed by atoms with van der Waals surface area (Å²) >= 11 is 0. The maximum atomic E-state index is 13.8. The highest BCUT2D eigenvalue weighted by molar-refractivity contribution is 5.28. The minimum Gasteiger partial charge on any atom is -0.207 e. The first-order chi connectivity index (χ1) is 11.1. The van der Waals surface area contributed by atoms with E-state index in [2.05, 4.69) is 6.58 Å². The van der Waals surface area contributed by atoms with Gasteiger partial charge in [-0.3, -0.25) is 0 Å². The molecule has 1 aromatic carbocycles. The van der Waals surface area contributed by atoms with Crippen molar-refractivity contribution >= 4 is 0 Å². The number of fused-ring (bicyclic) bond motifs is 1. The molecule has 4 atom stereocenters. The highest BCUT2D eigenvalue weighted by Gasteiger charge is 2.36. The third kappa shape index (κ3) is 3.67. The smallest absolute Gasteiger partial charge is 0.129 e. The summed E-state index contributed by atoms with van der Waals surface area (Å²) in [5.41, 5.74) is 1.02. The van der Waals surface area contributed by atoms with E-state index < -0.39 is 11.6 Å². The van der Waals surface area contributed by atoms with Crippen LogP contribution in [-0.2, 0) is 0 Å². The fraction of sp³-hybridized carbons (Fsp3) is 0.619. The maximum absolute atomic E-state index is 13.8. The van der Waals surface area contributed by atoms with Gasteiger partial charge < -0.3 is 0 Å². The third-order valence-electron chi connectivity index (χ3n) is 6.28. The summed E-state index contributed by atoms with van der Waals surface area (Å²) < 4.78 is 27.7. The molecular formula is C21H28F2. The molecule has 0 radical (unpaired) electrons. The van der Waals surface area contributed by atoms with Gasteiger partial charge >= 0.3 is 0 Å². The number of hydrogen-bond donors (Lipinski definition) is 0. The van der Waals surface area contributed by atoms with Crippen LogP contribution in [0.1, 0.15) is 68.4 Å². The van der Waals surface area contributed by atoms with Gasteiger partial charge in [0, 0.05) is 5.56 Å². The zero-order valence-electron chi connectivity index (χ0n) is 14.2. The van der Waals surface area contributed by atoms with Crippen LogP contribution in [0.3, 0.4) is 0 Å². The second-order valence-corrected chi connectivity index (χ2v) is 7.68. The Kier molecular flexibility index (Phi) is 5.18. The van der Waals surface area contributed by atoms with E-state index in [1.807, 2.05) is 6.08 Å². The van der Waals surface area contributed by atoms with Gasteiger partial charge in [0.15, 0.2) is 0 Å². The summed E-state index contributed by atoms with van der Waals surface area (Å²) in [5, 5.41) is 0. The summed E-state index contributed by atoms with van der Waals surface area (Å²) in [7, 11) is 0. The largest absolute Gasteiger partial charge is 0.207 e. The molecular weight excluding hydrogens is 290 g/mol. The Balaban J connectivity index is 1.64. The average Bonchev–Trinajstić information content (AvgIpc) is 2.56. The molecule has 3 rings (SSSR count). The molecule has 0 N–H and O–H groups in total. The minimum absolute atomic E-state index is 0.144. The minimum atomic E-state index is -0.393. The lowest BCUT2D eigenvalue weighted by atomic mass is 9.63. The number of halogens is 2. The topological polar surface area (TPSA) is 0 Å². The highest BCUT2D eigenvalue weighted by atomic mass is 19.1. The maximum Gasteiger partial charge on any atom is 0.129 e. The van der Waals surface area contributed by atoms with Gasteiger partial charge in [0.2, 0.25) is 0 Å². The van der Waals surface area contributed by atoms with Gasteiger partial charge in [0.1, 0.15) is 11.6 Å². The Hall–Kier alpha value is -1.18. The lowest BCUT2D eigenvalue weighted by Crippen LogP contribution is -2.30. The van der Waals surface area contributed by atoms with Crippen LogP contribution in [0.25, 0.3) is 0 Å². The van der Waals surface area contributed by atoms with Crippen LogP contribution in [-0.4, -0.2) is 0 Å². The normalized spacial score (nSPS) is 30.7. The Labute approximate surface area is 139 Å². The first kappa shape index (κ1) is 16.7. The molecule has 2 saturated carbocycles. The predicted octanol–water partition coefficient (Wildman–Crippen LogP) is 6.54. The molecule has 2 fully saturated rings. The SMILES string of the molecule is C=CCC[C@@H]1CC[C@@H]2CC(c3cc(F)c(C)c(F)c3)CC[C@@H]2C1. The molecule has 0 aromatic heterocycles. The quantitative estimate of drug-likeness (QED) is 0.553. The molecule has 23 heavy (non-hydrogen) atoms. The molecule has 0 aliphatic heterocycles. The van der Waals surface area contributed by atoms with Crippen LogP contribution in [0.4, 0.5) is 8.78 Å². The summed E-state index contributed by atoms with van der Waals surface area (Å²) in [4.78, 5) is 0. The first-order valence-corrected chi connectivity index (χ1v) is 9.15. The number of hydrogen-bond acceptors (Lipinski definition) is 0. The monoisotopic (exact) mass is 318 g/mol. The van der Waals surface area contributed by atoms with Crippen LogP contribution in [0.2, 0.25) is 0 Å². The Morgan fingerprint density at radius 2 is 1.70 bits per heavy atom. The Morgan fingerprint density at radius 3 is 2.39 bits per heavy atom. The molecule has 1 aromatic rings. The molecule has 0 amide bonds. The van der Waals surface area contributed by atoms with Gasteiger partial charge in [-0.05, 0) is 93.2 Å². The standard InChI is InChI=1S/C21H28F2/c1-3-4-5-15-6-7-17-11-18(9-8-16(17)10-15)19-12-20(22)14(2)21(23)13-19/h3,12-13,15-18H,1,4-11H2,2H3/t15-,16-,17-,18?/m1/s1. The van der Waals surface area contributed by atoms with Crippen LogP contribution >= 0.6 is 0 Å². The second-order valence-electron chi connectivity index (χ2n) is 7.68. The first-order valence-electron chi connectivity index (χ1n) is 9.15. The lowest BCUT2D eigenvalue weighted by molar-refractivity contribution is 0.115. The van der Waals surface area contributed by atoms with Crippen molar-refractivity contribution in [1.82, 2.24) is 0 Å². The van der Waals surface area contributed by atoms with Crippen LogP contribution in [0.15, 0.2) is 24.8 Å².